The van der Waals surface area contributed by atoms with Crippen LogP contribution >= 0.6 is 0 Å². The number of carbonyl (C=O) groups is 1. The summed E-state index contributed by atoms with van der Waals surface area (Å²) in [5.41, 5.74) is 0. The summed E-state index contributed by atoms with van der Waals surface area (Å²) in [6.45, 7) is 2.25. The van der Waals surface area contributed by atoms with E-state index in [-0.39, 0.29) is 0 Å². The zero-order valence-corrected chi connectivity index (χ0v) is 13.7. The summed E-state index contributed by atoms with van der Waals surface area (Å²) < 4.78 is 0. The van der Waals surface area contributed by atoms with Crippen molar-refractivity contribution in [2.45, 2.75) is 96.8 Å². The van der Waals surface area contributed by atoms with E-state index in [9.17, 15) is 9.59 Å². The Morgan fingerprint density at radius 1 is 0.810 bits per heavy atom. The quantitative estimate of drug-likeness (QED) is 0.311. The topological polar surface area (TPSA) is 54.4 Å². The number of aliphatic carboxylic acids is 1. The molecule has 0 aliphatic carbocycles. The van der Waals surface area contributed by atoms with Gasteiger partial charge in [-0.25, -0.2) is 0 Å². The van der Waals surface area contributed by atoms with Crippen LogP contribution in [-0.2, 0) is 9.59 Å². The SMILES string of the molecule is CCCCCCCCCCCCCCCC([C]=O)C(=O)O. The zero-order chi connectivity index (χ0) is 15.8. The smallest absolute Gasteiger partial charge is 0.314 e. The van der Waals surface area contributed by atoms with Gasteiger partial charge in [0.25, 0.3) is 0 Å². The highest BCUT2D eigenvalue weighted by Crippen LogP contribution is 2.14. The van der Waals surface area contributed by atoms with Gasteiger partial charge in [0.1, 0.15) is 5.92 Å². The Hall–Kier alpha value is -0.860. The Morgan fingerprint density at radius 2 is 1.19 bits per heavy atom. The van der Waals surface area contributed by atoms with Crippen molar-refractivity contribution in [3.63, 3.8) is 0 Å². The lowest BCUT2D eigenvalue weighted by atomic mass is 10.0. The molecule has 21 heavy (non-hydrogen) atoms. The summed E-state index contributed by atoms with van der Waals surface area (Å²) in [4.78, 5) is 21.0. The van der Waals surface area contributed by atoms with Gasteiger partial charge in [-0.05, 0) is 6.42 Å². The molecule has 0 amide bonds. The van der Waals surface area contributed by atoms with Crippen LogP contribution < -0.4 is 0 Å². The molecule has 0 aliphatic rings. The molecule has 1 N–H and O–H groups in total. The Bertz CT molecular complexity index is 251. The number of hydrogen-bond acceptors (Lipinski definition) is 2. The van der Waals surface area contributed by atoms with Crippen molar-refractivity contribution in [1.29, 1.82) is 0 Å². The average molecular weight is 297 g/mol. The van der Waals surface area contributed by atoms with Gasteiger partial charge in [0.05, 0.1) is 0 Å². The number of unbranched alkanes of at least 4 members (excludes halogenated alkanes) is 12. The van der Waals surface area contributed by atoms with Crippen LogP contribution in [0, 0.1) is 5.92 Å². The minimum Gasteiger partial charge on any atom is -0.481 e. The van der Waals surface area contributed by atoms with E-state index in [4.69, 9.17) is 5.11 Å². The first-order valence-corrected chi connectivity index (χ1v) is 8.82. The van der Waals surface area contributed by atoms with Gasteiger partial charge in [-0.2, -0.15) is 0 Å². The Labute approximate surface area is 130 Å². The molecule has 0 rings (SSSR count). The first kappa shape index (κ1) is 20.1. The Morgan fingerprint density at radius 3 is 1.52 bits per heavy atom. The highest BCUT2D eigenvalue weighted by molar-refractivity contribution is 5.86. The highest BCUT2D eigenvalue weighted by Gasteiger charge is 2.16. The number of hydrogen-bond donors (Lipinski definition) is 1. The van der Waals surface area contributed by atoms with E-state index in [2.05, 4.69) is 6.92 Å². The van der Waals surface area contributed by atoms with Gasteiger partial charge in [0.15, 0.2) is 0 Å². The molecule has 0 heterocycles. The largest absolute Gasteiger partial charge is 0.481 e. The molecular weight excluding hydrogens is 264 g/mol. The molecule has 0 aromatic heterocycles. The molecule has 0 aliphatic heterocycles. The average Bonchev–Trinajstić information content (AvgIpc) is 2.47. The van der Waals surface area contributed by atoms with Crippen molar-refractivity contribution < 1.29 is 14.7 Å². The van der Waals surface area contributed by atoms with Crippen LogP contribution in [0.5, 0.6) is 0 Å². The molecule has 1 unspecified atom stereocenters. The summed E-state index contributed by atoms with van der Waals surface area (Å²) in [5.74, 6) is -1.96. The molecule has 0 spiro atoms. The standard InChI is InChI=1S/C18H33O3/c1-2-3-4-5-6-7-8-9-10-11-12-13-14-15-17(16-19)18(20)21/h17H,2-15H2,1H3,(H,20,21). The van der Waals surface area contributed by atoms with E-state index in [1.165, 1.54) is 64.2 Å². The van der Waals surface area contributed by atoms with E-state index >= 15 is 0 Å². The van der Waals surface area contributed by atoms with Crippen LogP contribution in [0.2, 0.25) is 0 Å². The minimum atomic E-state index is -1.04. The maximum absolute atomic E-state index is 10.6. The first-order chi connectivity index (χ1) is 10.2. The van der Waals surface area contributed by atoms with Crippen LogP contribution in [0.15, 0.2) is 0 Å². The third-order valence-corrected chi connectivity index (χ3v) is 4.04. The molecule has 0 aromatic rings. The third kappa shape index (κ3) is 13.9. The summed E-state index contributed by atoms with van der Waals surface area (Å²) in [5, 5.41) is 8.70. The minimum absolute atomic E-state index is 0.441. The summed E-state index contributed by atoms with van der Waals surface area (Å²) >= 11 is 0. The van der Waals surface area contributed by atoms with Crippen molar-refractivity contribution in [2.75, 3.05) is 0 Å². The maximum atomic E-state index is 10.6. The van der Waals surface area contributed by atoms with Crippen LogP contribution in [-0.4, -0.2) is 17.4 Å². The van der Waals surface area contributed by atoms with Gasteiger partial charge in [0, 0.05) is 0 Å². The van der Waals surface area contributed by atoms with Crippen LogP contribution in [0.4, 0.5) is 0 Å². The van der Waals surface area contributed by atoms with Crippen molar-refractivity contribution in [1.82, 2.24) is 0 Å². The van der Waals surface area contributed by atoms with E-state index in [1.807, 2.05) is 0 Å². The van der Waals surface area contributed by atoms with Crippen molar-refractivity contribution in [2.24, 2.45) is 5.92 Å². The first-order valence-electron chi connectivity index (χ1n) is 8.82. The van der Waals surface area contributed by atoms with Gasteiger partial charge in [-0.1, -0.05) is 90.4 Å². The molecule has 0 bridgehead atoms. The van der Waals surface area contributed by atoms with Crippen molar-refractivity contribution in [3.8, 4) is 0 Å². The molecule has 1 atom stereocenters. The maximum Gasteiger partial charge on any atom is 0.314 e. The number of carbonyl (C=O) groups excluding carboxylic acids is 1. The number of carboxylic acid groups (broad SMARTS) is 1. The fourth-order valence-corrected chi connectivity index (χ4v) is 2.60. The normalized spacial score (nSPS) is 12.2. The van der Waals surface area contributed by atoms with E-state index in [1.54, 1.807) is 6.29 Å². The van der Waals surface area contributed by atoms with Gasteiger partial charge >= 0.3 is 5.97 Å². The molecule has 3 heteroatoms. The van der Waals surface area contributed by atoms with Crippen LogP contribution in [0.1, 0.15) is 96.8 Å². The molecule has 123 valence electrons. The second-order valence-corrected chi connectivity index (χ2v) is 6.04. The predicted molar refractivity (Wildman–Crippen MR) is 87.1 cm³/mol. The Kier molecular flexibility index (Phi) is 14.9. The third-order valence-electron chi connectivity index (χ3n) is 4.04. The lowest BCUT2D eigenvalue weighted by Crippen LogP contribution is -2.14. The fourth-order valence-electron chi connectivity index (χ4n) is 2.60. The second-order valence-electron chi connectivity index (χ2n) is 6.04. The molecule has 0 saturated heterocycles. The van der Waals surface area contributed by atoms with Gasteiger partial charge in [0.2, 0.25) is 6.29 Å². The molecule has 0 fully saturated rings. The molecule has 0 saturated carbocycles. The van der Waals surface area contributed by atoms with E-state index in [0.717, 1.165) is 19.3 Å². The molecular formula is C18H33O3. The molecule has 0 aromatic carbocycles. The van der Waals surface area contributed by atoms with Crippen LogP contribution in [0.3, 0.4) is 0 Å². The Balaban J connectivity index is 3.15. The lowest BCUT2D eigenvalue weighted by Gasteiger charge is -2.04. The number of rotatable bonds is 16. The lowest BCUT2D eigenvalue weighted by molar-refractivity contribution is -0.139. The van der Waals surface area contributed by atoms with Gasteiger partial charge < -0.3 is 5.11 Å². The monoisotopic (exact) mass is 297 g/mol. The fraction of sp³-hybridized carbons (Fsp3) is 0.889. The van der Waals surface area contributed by atoms with Crippen LogP contribution in [0.25, 0.3) is 0 Å². The van der Waals surface area contributed by atoms with Crippen molar-refractivity contribution in [3.05, 3.63) is 0 Å². The van der Waals surface area contributed by atoms with Gasteiger partial charge in [-0.15, -0.1) is 0 Å². The molecule has 1 radical (unpaired) electrons. The van der Waals surface area contributed by atoms with E-state index < -0.39 is 11.9 Å². The van der Waals surface area contributed by atoms with Crippen molar-refractivity contribution >= 4 is 12.3 Å². The second kappa shape index (κ2) is 15.5. The summed E-state index contributed by atoms with van der Waals surface area (Å²) in [6, 6.07) is 0. The van der Waals surface area contributed by atoms with E-state index in [0.29, 0.717) is 6.42 Å². The zero-order valence-electron chi connectivity index (χ0n) is 13.7. The number of carboxylic acids is 1. The predicted octanol–water partition coefficient (Wildman–Crippen LogP) is 5.28. The highest BCUT2D eigenvalue weighted by atomic mass is 16.4. The molecule has 3 nitrogen and oxygen atoms in total. The van der Waals surface area contributed by atoms with Gasteiger partial charge in [-0.3, -0.25) is 9.59 Å². The summed E-state index contributed by atoms with van der Waals surface area (Å²) in [7, 11) is 0. The summed E-state index contributed by atoms with van der Waals surface area (Å²) in [6.07, 6.45) is 18.5.